The van der Waals surface area contributed by atoms with E-state index >= 15 is 0 Å². The molecule has 4 heteroatoms. The van der Waals surface area contributed by atoms with E-state index in [1.165, 1.54) is 0 Å². The average molecular weight is 262 g/mol. The maximum atomic E-state index is 12.1. The molecule has 1 unspecified atom stereocenters. The van der Waals surface area contributed by atoms with Crippen molar-refractivity contribution in [2.24, 2.45) is 13.0 Å². The van der Waals surface area contributed by atoms with E-state index in [4.69, 9.17) is 0 Å². The van der Waals surface area contributed by atoms with Crippen molar-refractivity contribution in [1.82, 2.24) is 9.55 Å². The zero-order valence-corrected chi connectivity index (χ0v) is 11.8. The van der Waals surface area contributed by atoms with E-state index in [-0.39, 0.29) is 11.7 Å². The van der Waals surface area contributed by atoms with Crippen LogP contribution < -0.4 is 0 Å². The number of nitrogens with zero attached hydrogens (tertiary/aromatic N) is 2. The van der Waals surface area contributed by atoms with Crippen molar-refractivity contribution in [2.75, 3.05) is 12.0 Å². The van der Waals surface area contributed by atoms with Crippen molar-refractivity contribution >= 4 is 28.6 Å². The second-order valence-electron chi connectivity index (χ2n) is 4.58. The minimum absolute atomic E-state index is 0.0970. The van der Waals surface area contributed by atoms with Crippen LogP contribution in [-0.4, -0.2) is 27.3 Å². The van der Waals surface area contributed by atoms with Gasteiger partial charge in [-0.1, -0.05) is 19.1 Å². The Morgan fingerprint density at radius 2 is 2.17 bits per heavy atom. The van der Waals surface area contributed by atoms with Crippen LogP contribution in [0.1, 0.15) is 12.7 Å². The molecule has 2 aromatic rings. The van der Waals surface area contributed by atoms with E-state index in [0.29, 0.717) is 6.42 Å². The number of fused-ring (bicyclic) bond motifs is 1. The van der Waals surface area contributed by atoms with E-state index in [1.54, 1.807) is 11.8 Å². The van der Waals surface area contributed by atoms with Crippen LogP contribution in [0.15, 0.2) is 24.3 Å². The molecule has 0 saturated carbocycles. The number of hydrogen-bond acceptors (Lipinski definition) is 3. The van der Waals surface area contributed by atoms with Gasteiger partial charge in [0.2, 0.25) is 0 Å². The molecule has 0 N–H and O–H groups in total. The van der Waals surface area contributed by atoms with Crippen LogP contribution in [-0.2, 0) is 18.3 Å². The number of carbonyl (C=O) groups excluding carboxylic acids is 1. The molecule has 18 heavy (non-hydrogen) atoms. The van der Waals surface area contributed by atoms with Gasteiger partial charge in [0.1, 0.15) is 11.6 Å². The summed E-state index contributed by atoms with van der Waals surface area (Å²) in [6, 6.07) is 7.97. The Hall–Kier alpha value is -1.29. The summed E-state index contributed by atoms with van der Waals surface area (Å²) in [5, 5.41) is 0. The van der Waals surface area contributed by atoms with Gasteiger partial charge in [-0.15, -0.1) is 0 Å². The fourth-order valence-electron chi connectivity index (χ4n) is 2.03. The summed E-state index contributed by atoms with van der Waals surface area (Å²) in [6.07, 6.45) is 2.45. The fourth-order valence-corrected chi connectivity index (χ4v) is 2.71. The highest BCUT2D eigenvalue weighted by molar-refractivity contribution is 7.98. The van der Waals surface area contributed by atoms with Crippen molar-refractivity contribution < 1.29 is 4.79 Å². The Balaban J connectivity index is 2.22. The van der Waals surface area contributed by atoms with Crippen LogP contribution in [0.3, 0.4) is 0 Å². The fraction of sp³-hybridized carbons (Fsp3) is 0.429. The summed E-state index contributed by atoms with van der Waals surface area (Å²) in [7, 11) is 1.97. The van der Waals surface area contributed by atoms with E-state index in [0.717, 1.165) is 22.6 Å². The van der Waals surface area contributed by atoms with Crippen LogP contribution in [0.25, 0.3) is 11.0 Å². The van der Waals surface area contributed by atoms with Crippen LogP contribution in [0.4, 0.5) is 0 Å². The number of ketones is 1. The van der Waals surface area contributed by atoms with Crippen molar-refractivity contribution in [2.45, 2.75) is 13.3 Å². The number of benzene rings is 1. The number of rotatable bonds is 5. The SMILES string of the molecule is CSCC(C)C(=O)Cc1nc2ccccc2n1C. The van der Waals surface area contributed by atoms with Crippen LogP contribution in [0.2, 0.25) is 0 Å². The molecule has 1 aromatic heterocycles. The van der Waals surface area contributed by atoms with Gasteiger partial charge in [-0.2, -0.15) is 11.8 Å². The number of aryl methyl sites for hydroxylation is 1. The first kappa shape index (κ1) is 13.1. The smallest absolute Gasteiger partial charge is 0.144 e. The molecule has 3 nitrogen and oxygen atoms in total. The minimum Gasteiger partial charge on any atom is -0.331 e. The molecule has 0 radical (unpaired) electrons. The normalized spacial score (nSPS) is 12.8. The molecule has 0 amide bonds. The maximum absolute atomic E-state index is 12.1. The highest BCUT2D eigenvalue weighted by atomic mass is 32.2. The number of hydrogen-bond donors (Lipinski definition) is 0. The first-order valence-corrected chi connectivity index (χ1v) is 7.45. The van der Waals surface area contributed by atoms with Gasteiger partial charge >= 0.3 is 0 Å². The third kappa shape index (κ3) is 2.58. The van der Waals surface area contributed by atoms with E-state index in [9.17, 15) is 4.79 Å². The summed E-state index contributed by atoms with van der Waals surface area (Å²) in [4.78, 5) is 16.6. The first-order chi connectivity index (χ1) is 8.63. The van der Waals surface area contributed by atoms with Crippen LogP contribution in [0, 0.1) is 5.92 Å². The van der Waals surface area contributed by atoms with Gasteiger partial charge in [-0.05, 0) is 18.4 Å². The highest BCUT2D eigenvalue weighted by Gasteiger charge is 2.16. The summed E-state index contributed by atoms with van der Waals surface area (Å²) in [6.45, 7) is 1.99. The van der Waals surface area contributed by atoms with Gasteiger partial charge in [0.15, 0.2) is 0 Å². The predicted molar refractivity (Wildman–Crippen MR) is 77.0 cm³/mol. The third-order valence-electron chi connectivity index (χ3n) is 3.18. The Bertz CT molecular complexity index is 562. The molecular formula is C14H18N2OS. The minimum atomic E-state index is 0.0970. The van der Waals surface area contributed by atoms with Crippen molar-refractivity contribution in [3.63, 3.8) is 0 Å². The molecule has 2 rings (SSSR count). The molecule has 0 saturated heterocycles. The van der Waals surface area contributed by atoms with Gasteiger partial charge in [-0.25, -0.2) is 4.98 Å². The van der Waals surface area contributed by atoms with E-state index in [2.05, 4.69) is 4.98 Å². The molecule has 0 bridgehead atoms. The molecule has 0 aliphatic rings. The first-order valence-electron chi connectivity index (χ1n) is 6.05. The lowest BCUT2D eigenvalue weighted by Gasteiger charge is -2.08. The molecule has 0 fully saturated rings. The van der Waals surface area contributed by atoms with Crippen molar-refractivity contribution in [1.29, 1.82) is 0 Å². The monoisotopic (exact) mass is 262 g/mol. The van der Waals surface area contributed by atoms with Crippen LogP contribution >= 0.6 is 11.8 Å². The predicted octanol–water partition coefficient (Wildman–Crippen LogP) is 2.68. The summed E-state index contributed by atoms with van der Waals surface area (Å²) < 4.78 is 2.01. The maximum Gasteiger partial charge on any atom is 0.144 e. The van der Waals surface area contributed by atoms with Gasteiger partial charge in [0.05, 0.1) is 17.5 Å². The lowest BCUT2D eigenvalue weighted by molar-refractivity contribution is -0.121. The van der Waals surface area contributed by atoms with Gasteiger partial charge in [0, 0.05) is 18.7 Å². The number of thioether (sulfide) groups is 1. The van der Waals surface area contributed by atoms with Crippen molar-refractivity contribution in [3.05, 3.63) is 30.1 Å². The Morgan fingerprint density at radius 1 is 1.44 bits per heavy atom. The third-order valence-corrected chi connectivity index (χ3v) is 4.01. The second-order valence-corrected chi connectivity index (χ2v) is 5.49. The Kier molecular flexibility index (Phi) is 4.07. The molecule has 0 aliphatic heterocycles. The number of Topliss-reactive ketones (excluding diaryl/α,β-unsaturated/α-hetero) is 1. The molecule has 1 heterocycles. The van der Waals surface area contributed by atoms with Gasteiger partial charge < -0.3 is 4.57 Å². The number of carbonyl (C=O) groups is 1. The number of para-hydroxylation sites is 2. The second kappa shape index (κ2) is 5.57. The molecule has 96 valence electrons. The van der Waals surface area contributed by atoms with E-state index in [1.807, 2.05) is 49.1 Å². The molecule has 1 aromatic carbocycles. The molecule has 1 atom stereocenters. The standard InChI is InChI=1S/C14H18N2OS/c1-10(9-18-3)13(17)8-14-15-11-6-4-5-7-12(11)16(14)2/h4-7,10H,8-9H2,1-3H3. The lowest BCUT2D eigenvalue weighted by Crippen LogP contribution is -2.17. The highest BCUT2D eigenvalue weighted by Crippen LogP contribution is 2.16. The summed E-state index contributed by atoms with van der Waals surface area (Å²) in [5.41, 5.74) is 2.04. The van der Waals surface area contributed by atoms with E-state index < -0.39 is 0 Å². The quantitative estimate of drug-likeness (QED) is 0.831. The lowest BCUT2D eigenvalue weighted by atomic mass is 10.1. The Labute approximate surface area is 112 Å². The topological polar surface area (TPSA) is 34.9 Å². The largest absolute Gasteiger partial charge is 0.331 e. The van der Waals surface area contributed by atoms with Crippen LogP contribution in [0.5, 0.6) is 0 Å². The molecular weight excluding hydrogens is 244 g/mol. The summed E-state index contributed by atoms with van der Waals surface area (Å²) in [5.74, 6) is 2.10. The number of aromatic nitrogens is 2. The average Bonchev–Trinajstić information content (AvgIpc) is 2.67. The molecule has 0 aliphatic carbocycles. The zero-order valence-electron chi connectivity index (χ0n) is 11.0. The zero-order chi connectivity index (χ0) is 13.1. The summed E-state index contributed by atoms with van der Waals surface area (Å²) >= 11 is 1.71. The number of imidazole rings is 1. The van der Waals surface area contributed by atoms with Gasteiger partial charge in [0.25, 0.3) is 0 Å². The van der Waals surface area contributed by atoms with Gasteiger partial charge in [-0.3, -0.25) is 4.79 Å². The van der Waals surface area contributed by atoms with Crippen molar-refractivity contribution in [3.8, 4) is 0 Å². The molecule has 0 spiro atoms. The Morgan fingerprint density at radius 3 is 2.83 bits per heavy atom.